The molecule has 20 heavy (non-hydrogen) atoms. The van der Waals surface area contributed by atoms with Gasteiger partial charge >= 0.3 is 0 Å². The molecule has 0 spiro atoms. The zero-order chi connectivity index (χ0) is 15.1. The lowest BCUT2D eigenvalue weighted by molar-refractivity contribution is 0.0314. The van der Waals surface area contributed by atoms with Crippen LogP contribution in [0.5, 0.6) is 0 Å². The highest BCUT2D eigenvalue weighted by atomic mass is 16.3. The number of hydrogen-bond acceptors (Lipinski definition) is 5. The van der Waals surface area contributed by atoms with Crippen molar-refractivity contribution in [2.75, 3.05) is 24.5 Å². The van der Waals surface area contributed by atoms with Crippen LogP contribution in [-0.2, 0) is 0 Å². The molecule has 2 unspecified atom stereocenters. The maximum Gasteiger partial charge on any atom is 0.252 e. The summed E-state index contributed by atoms with van der Waals surface area (Å²) in [6.45, 7) is 7.28. The van der Waals surface area contributed by atoms with Crippen LogP contribution in [0.15, 0.2) is 18.3 Å². The first-order chi connectivity index (χ1) is 9.49. The number of carbonyl (C=O) groups is 1. The number of pyridine rings is 1. The summed E-state index contributed by atoms with van der Waals surface area (Å²) in [4.78, 5) is 18.2. The summed E-state index contributed by atoms with van der Waals surface area (Å²) in [5, 5.41) is 21.1. The van der Waals surface area contributed by atoms with Gasteiger partial charge in [-0.15, -0.1) is 0 Å². The number of rotatable bonds is 7. The van der Waals surface area contributed by atoms with E-state index in [1.54, 1.807) is 12.1 Å². The summed E-state index contributed by atoms with van der Waals surface area (Å²) >= 11 is 0. The highest BCUT2D eigenvalue weighted by Gasteiger charge is 2.13. The van der Waals surface area contributed by atoms with Crippen molar-refractivity contribution in [3.8, 4) is 0 Å². The second kappa shape index (κ2) is 7.81. The fourth-order valence-corrected chi connectivity index (χ4v) is 1.72. The van der Waals surface area contributed by atoms with Gasteiger partial charge in [0.2, 0.25) is 0 Å². The van der Waals surface area contributed by atoms with Crippen molar-refractivity contribution in [2.45, 2.75) is 33.0 Å². The average Bonchev–Trinajstić information content (AvgIpc) is 2.46. The van der Waals surface area contributed by atoms with Gasteiger partial charge in [-0.25, -0.2) is 4.98 Å². The van der Waals surface area contributed by atoms with E-state index in [-0.39, 0.29) is 12.5 Å². The Balaban J connectivity index is 2.62. The van der Waals surface area contributed by atoms with E-state index in [1.807, 2.05) is 13.8 Å². The van der Waals surface area contributed by atoms with E-state index in [4.69, 9.17) is 5.11 Å². The first kappa shape index (κ1) is 16.4. The normalized spacial score (nSPS) is 13.7. The van der Waals surface area contributed by atoms with E-state index < -0.39 is 12.2 Å². The number of aliphatic hydroxyl groups is 2. The Morgan fingerprint density at radius 1 is 1.35 bits per heavy atom. The number of carbonyl (C=O) groups excluding carboxylic acids is 1. The van der Waals surface area contributed by atoms with E-state index in [2.05, 4.69) is 15.2 Å². The van der Waals surface area contributed by atoms with Gasteiger partial charge in [0.1, 0.15) is 5.82 Å². The van der Waals surface area contributed by atoms with Crippen molar-refractivity contribution in [3.05, 3.63) is 23.9 Å². The third-order valence-electron chi connectivity index (χ3n) is 3.13. The SMILES string of the molecule is CCN(CC)c1ccc(C(=O)NCC(O)C(C)O)cn1. The predicted octanol–water partition coefficient (Wildman–Crippen LogP) is 0.399. The lowest BCUT2D eigenvalue weighted by atomic mass is 10.2. The summed E-state index contributed by atoms with van der Waals surface area (Å²) in [5.74, 6) is 0.513. The Morgan fingerprint density at radius 3 is 2.45 bits per heavy atom. The minimum Gasteiger partial charge on any atom is -0.391 e. The Morgan fingerprint density at radius 2 is 2.00 bits per heavy atom. The van der Waals surface area contributed by atoms with Gasteiger partial charge < -0.3 is 20.4 Å². The number of anilines is 1. The fraction of sp³-hybridized carbons (Fsp3) is 0.571. The molecule has 0 saturated heterocycles. The molecule has 0 bridgehead atoms. The molecule has 0 aromatic carbocycles. The summed E-state index contributed by atoms with van der Waals surface area (Å²) in [6.07, 6.45) is -0.335. The number of nitrogens with one attached hydrogen (secondary N) is 1. The molecule has 0 radical (unpaired) electrons. The Kier molecular flexibility index (Phi) is 6.41. The Hall–Kier alpha value is -1.66. The third-order valence-corrected chi connectivity index (χ3v) is 3.13. The summed E-state index contributed by atoms with van der Waals surface area (Å²) in [6, 6.07) is 3.50. The van der Waals surface area contributed by atoms with Gasteiger partial charge in [-0.3, -0.25) is 4.79 Å². The number of amides is 1. The number of aromatic nitrogens is 1. The minimum absolute atomic E-state index is 0.00823. The highest BCUT2D eigenvalue weighted by molar-refractivity contribution is 5.94. The maximum atomic E-state index is 11.8. The van der Waals surface area contributed by atoms with Crippen LogP contribution in [0.3, 0.4) is 0 Å². The molecule has 2 atom stereocenters. The summed E-state index contributed by atoms with van der Waals surface area (Å²) < 4.78 is 0. The molecule has 0 aliphatic heterocycles. The van der Waals surface area contributed by atoms with Crippen molar-refractivity contribution < 1.29 is 15.0 Å². The first-order valence-electron chi connectivity index (χ1n) is 6.84. The van der Waals surface area contributed by atoms with E-state index in [1.165, 1.54) is 13.1 Å². The second-order valence-corrected chi connectivity index (χ2v) is 4.60. The lowest BCUT2D eigenvalue weighted by Crippen LogP contribution is -2.37. The number of nitrogens with zero attached hydrogens (tertiary/aromatic N) is 2. The molecule has 0 saturated carbocycles. The standard InChI is InChI=1S/C14H23N3O3/c1-4-17(5-2)13-7-6-11(8-15-13)14(20)16-9-12(19)10(3)18/h6-8,10,12,18-19H,4-5,9H2,1-3H3,(H,16,20). The number of hydrogen-bond donors (Lipinski definition) is 3. The van der Waals surface area contributed by atoms with E-state index >= 15 is 0 Å². The van der Waals surface area contributed by atoms with E-state index in [0.717, 1.165) is 18.9 Å². The monoisotopic (exact) mass is 281 g/mol. The van der Waals surface area contributed by atoms with Crippen LogP contribution in [0, 0.1) is 0 Å². The van der Waals surface area contributed by atoms with E-state index in [9.17, 15) is 9.90 Å². The smallest absolute Gasteiger partial charge is 0.252 e. The Bertz CT molecular complexity index is 416. The van der Waals surface area contributed by atoms with Crippen molar-refractivity contribution in [1.29, 1.82) is 0 Å². The van der Waals surface area contributed by atoms with Crippen LogP contribution in [0.25, 0.3) is 0 Å². The van der Waals surface area contributed by atoms with Gasteiger partial charge in [0, 0.05) is 25.8 Å². The summed E-state index contributed by atoms with van der Waals surface area (Å²) in [5.41, 5.74) is 0.429. The zero-order valence-corrected chi connectivity index (χ0v) is 12.2. The molecular weight excluding hydrogens is 258 g/mol. The van der Waals surface area contributed by atoms with Crippen LogP contribution < -0.4 is 10.2 Å². The molecule has 1 heterocycles. The van der Waals surface area contributed by atoms with Crippen molar-refractivity contribution >= 4 is 11.7 Å². The van der Waals surface area contributed by atoms with Gasteiger partial charge in [-0.2, -0.15) is 0 Å². The predicted molar refractivity (Wildman–Crippen MR) is 77.8 cm³/mol. The molecule has 1 aromatic rings. The molecule has 112 valence electrons. The molecule has 1 aromatic heterocycles. The Labute approximate surface area is 119 Å². The molecule has 0 fully saturated rings. The number of aliphatic hydroxyl groups excluding tert-OH is 2. The fourth-order valence-electron chi connectivity index (χ4n) is 1.72. The van der Waals surface area contributed by atoms with Crippen molar-refractivity contribution in [3.63, 3.8) is 0 Å². The molecule has 1 amide bonds. The van der Waals surface area contributed by atoms with Crippen LogP contribution in [0.4, 0.5) is 5.82 Å². The average molecular weight is 281 g/mol. The van der Waals surface area contributed by atoms with Gasteiger partial charge in [-0.05, 0) is 32.9 Å². The quantitative estimate of drug-likeness (QED) is 0.673. The van der Waals surface area contributed by atoms with Gasteiger partial charge in [-0.1, -0.05) is 0 Å². The van der Waals surface area contributed by atoms with Gasteiger partial charge in [0.25, 0.3) is 5.91 Å². The lowest BCUT2D eigenvalue weighted by Gasteiger charge is -2.19. The molecule has 0 aliphatic rings. The first-order valence-corrected chi connectivity index (χ1v) is 6.84. The van der Waals surface area contributed by atoms with Crippen LogP contribution in [-0.4, -0.2) is 52.9 Å². The molecule has 1 rings (SSSR count). The third kappa shape index (κ3) is 4.47. The zero-order valence-electron chi connectivity index (χ0n) is 12.2. The highest BCUT2D eigenvalue weighted by Crippen LogP contribution is 2.10. The molecular formula is C14H23N3O3. The topological polar surface area (TPSA) is 85.7 Å². The maximum absolute atomic E-state index is 11.8. The van der Waals surface area contributed by atoms with E-state index in [0.29, 0.717) is 5.56 Å². The minimum atomic E-state index is -0.971. The second-order valence-electron chi connectivity index (χ2n) is 4.60. The van der Waals surface area contributed by atoms with Crippen LogP contribution in [0.2, 0.25) is 0 Å². The van der Waals surface area contributed by atoms with Crippen LogP contribution in [0.1, 0.15) is 31.1 Å². The molecule has 0 aliphatic carbocycles. The molecule has 6 nitrogen and oxygen atoms in total. The molecule has 6 heteroatoms. The largest absolute Gasteiger partial charge is 0.391 e. The van der Waals surface area contributed by atoms with Gasteiger partial charge in [0.05, 0.1) is 17.8 Å². The summed E-state index contributed by atoms with van der Waals surface area (Å²) in [7, 11) is 0. The van der Waals surface area contributed by atoms with Gasteiger partial charge in [0.15, 0.2) is 0 Å². The van der Waals surface area contributed by atoms with Crippen LogP contribution >= 0.6 is 0 Å². The molecule has 3 N–H and O–H groups in total. The van der Waals surface area contributed by atoms with Crippen molar-refractivity contribution in [2.24, 2.45) is 0 Å². The van der Waals surface area contributed by atoms with Crippen molar-refractivity contribution in [1.82, 2.24) is 10.3 Å².